The van der Waals surface area contributed by atoms with E-state index in [1.807, 2.05) is 6.92 Å². The zero-order valence-electron chi connectivity index (χ0n) is 11.4. The van der Waals surface area contributed by atoms with Crippen molar-refractivity contribution in [3.8, 4) is 6.07 Å². The maximum atomic E-state index is 9.30. The molecule has 0 aromatic carbocycles. The van der Waals surface area contributed by atoms with Gasteiger partial charge in [0.2, 0.25) is 0 Å². The summed E-state index contributed by atoms with van der Waals surface area (Å²) in [6, 6.07) is 3.73. The van der Waals surface area contributed by atoms with Gasteiger partial charge in [-0.2, -0.15) is 5.26 Å². The molecule has 0 radical (unpaired) electrons. The Morgan fingerprint density at radius 3 is 2.53 bits per heavy atom. The Labute approximate surface area is 105 Å². The predicted octanol–water partition coefficient (Wildman–Crippen LogP) is 2.14. The van der Waals surface area contributed by atoms with E-state index in [1.165, 1.54) is 25.7 Å². The van der Waals surface area contributed by atoms with Crippen molar-refractivity contribution in [2.75, 3.05) is 13.6 Å². The molecule has 2 aliphatic carbocycles. The summed E-state index contributed by atoms with van der Waals surface area (Å²) in [4.78, 5) is 2.42. The van der Waals surface area contributed by atoms with Crippen LogP contribution < -0.4 is 5.32 Å². The van der Waals surface area contributed by atoms with Gasteiger partial charge in [0, 0.05) is 18.6 Å². The number of hydrogen-bond donors (Lipinski definition) is 1. The van der Waals surface area contributed by atoms with Crippen LogP contribution in [0.25, 0.3) is 0 Å². The minimum atomic E-state index is -0.335. The van der Waals surface area contributed by atoms with Crippen LogP contribution in [-0.4, -0.2) is 36.1 Å². The third kappa shape index (κ3) is 3.69. The van der Waals surface area contributed by atoms with Crippen LogP contribution in [0.3, 0.4) is 0 Å². The average molecular weight is 235 g/mol. The SMILES string of the molecule is CC(C1CC1)N(C)CCC(C)(C#N)NC1CC1. The van der Waals surface area contributed by atoms with Crippen molar-refractivity contribution in [1.29, 1.82) is 5.26 Å². The van der Waals surface area contributed by atoms with E-state index in [0.29, 0.717) is 12.1 Å². The Morgan fingerprint density at radius 1 is 1.41 bits per heavy atom. The van der Waals surface area contributed by atoms with Crippen molar-refractivity contribution in [2.24, 2.45) is 5.92 Å². The summed E-state index contributed by atoms with van der Waals surface area (Å²) in [6.07, 6.45) is 6.19. The second-order valence-corrected chi connectivity index (χ2v) is 6.17. The van der Waals surface area contributed by atoms with E-state index in [2.05, 4.69) is 30.3 Å². The van der Waals surface area contributed by atoms with Crippen LogP contribution >= 0.6 is 0 Å². The number of nitrogens with zero attached hydrogens (tertiary/aromatic N) is 2. The fourth-order valence-corrected chi connectivity index (χ4v) is 2.38. The highest BCUT2D eigenvalue weighted by atomic mass is 15.1. The summed E-state index contributed by atoms with van der Waals surface area (Å²) < 4.78 is 0. The summed E-state index contributed by atoms with van der Waals surface area (Å²) in [5.41, 5.74) is -0.335. The third-order valence-corrected chi connectivity index (χ3v) is 4.31. The lowest BCUT2D eigenvalue weighted by Crippen LogP contribution is -2.45. The molecule has 3 heteroatoms. The van der Waals surface area contributed by atoms with Crippen molar-refractivity contribution in [1.82, 2.24) is 10.2 Å². The predicted molar refractivity (Wildman–Crippen MR) is 69.6 cm³/mol. The topological polar surface area (TPSA) is 39.1 Å². The fourth-order valence-electron chi connectivity index (χ4n) is 2.38. The summed E-state index contributed by atoms with van der Waals surface area (Å²) in [6.45, 7) is 5.37. The summed E-state index contributed by atoms with van der Waals surface area (Å²) >= 11 is 0. The molecule has 17 heavy (non-hydrogen) atoms. The van der Waals surface area contributed by atoms with Gasteiger partial charge in [-0.25, -0.2) is 0 Å². The van der Waals surface area contributed by atoms with Gasteiger partial charge in [-0.1, -0.05) is 0 Å². The van der Waals surface area contributed by atoms with Gasteiger partial charge >= 0.3 is 0 Å². The molecule has 96 valence electrons. The first kappa shape index (κ1) is 12.9. The molecule has 2 atom stereocenters. The first-order valence-electron chi connectivity index (χ1n) is 6.93. The van der Waals surface area contributed by atoms with Crippen molar-refractivity contribution < 1.29 is 0 Å². The Kier molecular flexibility index (Phi) is 3.75. The molecule has 2 saturated carbocycles. The number of hydrogen-bond acceptors (Lipinski definition) is 3. The molecular formula is C14H25N3. The zero-order chi connectivity index (χ0) is 12.5. The molecule has 0 aromatic rings. The van der Waals surface area contributed by atoms with Crippen LogP contribution in [0.4, 0.5) is 0 Å². The molecule has 2 aliphatic rings. The van der Waals surface area contributed by atoms with Gasteiger partial charge in [0.1, 0.15) is 5.54 Å². The van der Waals surface area contributed by atoms with Crippen molar-refractivity contribution in [2.45, 2.75) is 63.6 Å². The summed E-state index contributed by atoms with van der Waals surface area (Å²) in [7, 11) is 2.19. The van der Waals surface area contributed by atoms with Crippen LogP contribution in [0, 0.1) is 17.2 Å². The molecule has 0 spiro atoms. The third-order valence-electron chi connectivity index (χ3n) is 4.31. The van der Waals surface area contributed by atoms with Crippen LogP contribution in [0.5, 0.6) is 0 Å². The highest BCUT2D eigenvalue weighted by Crippen LogP contribution is 2.34. The van der Waals surface area contributed by atoms with Gasteiger partial charge in [0.05, 0.1) is 6.07 Å². The van der Waals surface area contributed by atoms with Gasteiger partial charge in [-0.05, 0) is 58.9 Å². The molecule has 2 rings (SSSR count). The van der Waals surface area contributed by atoms with E-state index < -0.39 is 0 Å². The number of nitriles is 1. The molecule has 0 aromatic heterocycles. The van der Waals surface area contributed by atoms with E-state index in [-0.39, 0.29) is 5.54 Å². The quantitative estimate of drug-likeness (QED) is 0.735. The highest BCUT2D eigenvalue weighted by molar-refractivity contribution is 5.07. The molecule has 2 fully saturated rings. The van der Waals surface area contributed by atoms with E-state index >= 15 is 0 Å². The Morgan fingerprint density at radius 2 is 2.06 bits per heavy atom. The second-order valence-electron chi connectivity index (χ2n) is 6.17. The molecule has 0 saturated heterocycles. The van der Waals surface area contributed by atoms with Gasteiger partial charge in [0.15, 0.2) is 0 Å². The molecular weight excluding hydrogens is 210 g/mol. The number of nitrogens with one attached hydrogen (secondary N) is 1. The lowest BCUT2D eigenvalue weighted by molar-refractivity contribution is 0.213. The summed E-state index contributed by atoms with van der Waals surface area (Å²) in [5, 5.41) is 12.8. The van der Waals surface area contributed by atoms with Gasteiger partial charge in [-0.3, -0.25) is 5.32 Å². The summed E-state index contributed by atoms with van der Waals surface area (Å²) in [5.74, 6) is 0.907. The van der Waals surface area contributed by atoms with Crippen LogP contribution in [-0.2, 0) is 0 Å². The Hall–Kier alpha value is -0.590. The molecule has 0 amide bonds. The van der Waals surface area contributed by atoms with Gasteiger partial charge in [-0.15, -0.1) is 0 Å². The molecule has 0 bridgehead atoms. The zero-order valence-corrected chi connectivity index (χ0v) is 11.4. The van der Waals surface area contributed by atoms with E-state index in [1.54, 1.807) is 0 Å². The van der Waals surface area contributed by atoms with E-state index in [4.69, 9.17) is 0 Å². The van der Waals surface area contributed by atoms with Crippen molar-refractivity contribution >= 4 is 0 Å². The first-order chi connectivity index (χ1) is 8.04. The standard InChI is InChI=1S/C14H25N3/c1-11(12-4-5-12)17(3)9-8-14(2,10-15)16-13-6-7-13/h11-13,16H,4-9H2,1-3H3. The maximum Gasteiger partial charge on any atom is 0.105 e. The smallest absolute Gasteiger partial charge is 0.105 e. The largest absolute Gasteiger partial charge is 0.303 e. The molecule has 1 N–H and O–H groups in total. The molecule has 0 heterocycles. The van der Waals surface area contributed by atoms with E-state index in [9.17, 15) is 5.26 Å². The van der Waals surface area contributed by atoms with Gasteiger partial charge in [0.25, 0.3) is 0 Å². The van der Waals surface area contributed by atoms with Crippen LogP contribution in [0.15, 0.2) is 0 Å². The van der Waals surface area contributed by atoms with Crippen molar-refractivity contribution in [3.05, 3.63) is 0 Å². The normalized spacial score (nSPS) is 25.4. The lowest BCUT2D eigenvalue weighted by atomic mass is 9.99. The molecule has 2 unspecified atom stereocenters. The molecule has 3 nitrogen and oxygen atoms in total. The molecule has 0 aliphatic heterocycles. The number of rotatable bonds is 7. The van der Waals surface area contributed by atoms with Crippen LogP contribution in [0.2, 0.25) is 0 Å². The highest BCUT2D eigenvalue weighted by Gasteiger charge is 2.34. The van der Waals surface area contributed by atoms with E-state index in [0.717, 1.165) is 18.9 Å². The monoisotopic (exact) mass is 235 g/mol. The van der Waals surface area contributed by atoms with Crippen LogP contribution in [0.1, 0.15) is 46.0 Å². The average Bonchev–Trinajstić information content (AvgIpc) is 3.16. The maximum absolute atomic E-state index is 9.30. The Bertz CT molecular complexity index is 301. The minimum absolute atomic E-state index is 0.335. The Balaban J connectivity index is 1.76. The fraction of sp³-hybridized carbons (Fsp3) is 0.929. The first-order valence-corrected chi connectivity index (χ1v) is 6.93. The van der Waals surface area contributed by atoms with Gasteiger partial charge < -0.3 is 4.90 Å². The lowest BCUT2D eigenvalue weighted by Gasteiger charge is -2.29. The van der Waals surface area contributed by atoms with Crippen molar-refractivity contribution in [3.63, 3.8) is 0 Å². The second kappa shape index (κ2) is 4.96. The minimum Gasteiger partial charge on any atom is -0.303 e.